The van der Waals surface area contributed by atoms with Gasteiger partial charge < -0.3 is 9.80 Å². The van der Waals surface area contributed by atoms with Crippen LogP contribution in [0.3, 0.4) is 0 Å². The van der Waals surface area contributed by atoms with Crippen molar-refractivity contribution in [2.75, 3.05) is 50.7 Å². The van der Waals surface area contributed by atoms with Crippen LogP contribution < -0.4 is 4.90 Å². The number of carbonyl (C=O) groups is 1. The minimum atomic E-state index is 0.337. The van der Waals surface area contributed by atoms with Gasteiger partial charge in [0, 0.05) is 58.4 Å². The number of hydrogen-bond acceptors (Lipinski definition) is 4. The number of piperidine rings is 1. The molecule has 2 aliphatic rings. The molecular formula is C18H28N4O. The van der Waals surface area contributed by atoms with Crippen molar-refractivity contribution in [2.24, 2.45) is 5.92 Å². The largest absolute Gasteiger partial charge is 0.354 e. The fraction of sp³-hybridized carbons (Fsp3) is 0.667. The van der Waals surface area contributed by atoms with Crippen LogP contribution in [0, 0.1) is 5.92 Å². The van der Waals surface area contributed by atoms with Crippen LogP contribution in [0.5, 0.6) is 0 Å². The van der Waals surface area contributed by atoms with Gasteiger partial charge >= 0.3 is 0 Å². The van der Waals surface area contributed by atoms with Crippen LogP contribution in [0.4, 0.5) is 5.82 Å². The number of piperazine rings is 1. The molecule has 2 fully saturated rings. The summed E-state index contributed by atoms with van der Waals surface area (Å²) < 4.78 is 0. The van der Waals surface area contributed by atoms with Crippen molar-refractivity contribution in [2.45, 2.75) is 26.2 Å². The molecule has 126 valence electrons. The minimum Gasteiger partial charge on any atom is -0.354 e. The molecule has 23 heavy (non-hydrogen) atoms. The predicted molar refractivity (Wildman–Crippen MR) is 92.5 cm³/mol. The molecule has 0 spiro atoms. The van der Waals surface area contributed by atoms with Gasteiger partial charge in [0.25, 0.3) is 0 Å². The second kappa shape index (κ2) is 7.77. The monoisotopic (exact) mass is 316 g/mol. The van der Waals surface area contributed by atoms with E-state index in [4.69, 9.17) is 0 Å². The fourth-order valence-corrected chi connectivity index (χ4v) is 3.57. The van der Waals surface area contributed by atoms with Crippen molar-refractivity contribution in [1.29, 1.82) is 0 Å². The first kappa shape index (κ1) is 16.2. The third-order valence-corrected chi connectivity index (χ3v) is 5.00. The summed E-state index contributed by atoms with van der Waals surface area (Å²) in [7, 11) is 0. The van der Waals surface area contributed by atoms with E-state index in [1.807, 2.05) is 18.3 Å². The lowest BCUT2D eigenvalue weighted by Crippen LogP contribution is -2.48. The van der Waals surface area contributed by atoms with Gasteiger partial charge in [-0.1, -0.05) is 13.0 Å². The van der Waals surface area contributed by atoms with Crippen LogP contribution in [-0.4, -0.2) is 66.5 Å². The number of carbonyl (C=O) groups excluding carboxylic acids is 1. The molecule has 0 saturated carbocycles. The molecule has 2 saturated heterocycles. The third-order valence-electron chi connectivity index (χ3n) is 5.00. The summed E-state index contributed by atoms with van der Waals surface area (Å²) in [6.07, 6.45) is 4.94. The summed E-state index contributed by atoms with van der Waals surface area (Å²) in [4.78, 5) is 23.6. The first-order valence-electron chi connectivity index (χ1n) is 8.88. The normalized spacial score (nSPS) is 23.1. The van der Waals surface area contributed by atoms with Crippen molar-refractivity contribution in [3.05, 3.63) is 24.4 Å². The van der Waals surface area contributed by atoms with E-state index >= 15 is 0 Å². The first-order chi connectivity index (χ1) is 11.2. The van der Waals surface area contributed by atoms with E-state index < -0.39 is 0 Å². The fourth-order valence-electron chi connectivity index (χ4n) is 3.57. The summed E-state index contributed by atoms with van der Waals surface area (Å²) in [5.41, 5.74) is 0. The topological polar surface area (TPSA) is 39.7 Å². The SMILES string of the molecule is CC1CCCN(C(=O)CCN2CCN(c3ccccn3)CC2)C1. The van der Waals surface area contributed by atoms with Crippen LogP contribution in [0.1, 0.15) is 26.2 Å². The van der Waals surface area contributed by atoms with Crippen molar-refractivity contribution in [1.82, 2.24) is 14.8 Å². The van der Waals surface area contributed by atoms with Crippen LogP contribution in [0.15, 0.2) is 24.4 Å². The van der Waals surface area contributed by atoms with Crippen LogP contribution in [-0.2, 0) is 4.79 Å². The molecule has 0 radical (unpaired) electrons. The Labute approximate surface area is 139 Å². The lowest BCUT2D eigenvalue weighted by atomic mass is 10.00. The zero-order valence-corrected chi connectivity index (χ0v) is 14.2. The molecule has 1 amide bonds. The number of anilines is 1. The molecule has 3 rings (SSSR count). The smallest absolute Gasteiger partial charge is 0.223 e. The van der Waals surface area contributed by atoms with Gasteiger partial charge in [0.1, 0.15) is 5.82 Å². The van der Waals surface area contributed by atoms with Crippen molar-refractivity contribution in [3.8, 4) is 0 Å². The van der Waals surface area contributed by atoms with Gasteiger partial charge in [-0.25, -0.2) is 4.98 Å². The van der Waals surface area contributed by atoms with Gasteiger partial charge in [-0.15, -0.1) is 0 Å². The van der Waals surface area contributed by atoms with Gasteiger partial charge in [0.15, 0.2) is 0 Å². The Morgan fingerprint density at radius 3 is 2.74 bits per heavy atom. The predicted octanol–water partition coefficient (Wildman–Crippen LogP) is 1.85. The lowest BCUT2D eigenvalue weighted by Gasteiger charge is -2.36. The minimum absolute atomic E-state index is 0.337. The number of aromatic nitrogens is 1. The molecule has 0 aliphatic carbocycles. The van der Waals surface area contributed by atoms with Crippen LogP contribution in [0.2, 0.25) is 0 Å². The van der Waals surface area contributed by atoms with Crippen molar-refractivity contribution >= 4 is 11.7 Å². The number of amides is 1. The molecule has 1 aromatic rings. The number of likely N-dealkylation sites (tertiary alicyclic amines) is 1. The molecule has 5 heteroatoms. The summed E-state index contributed by atoms with van der Waals surface area (Å²) in [5.74, 6) is 2.06. The maximum Gasteiger partial charge on any atom is 0.223 e. The van der Waals surface area contributed by atoms with Gasteiger partial charge in [-0.2, -0.15) is 0 Å². The van der Waals surface area contributed by atoms with Gasteiger partial charge in [0.2, 0.25) is 5.91 Å². The molecule has 5 nitrogen and oxygen atoms in total. The second-order valence-corrected chi connectivity index (χ2v) is 6.85. The van der Waals surface area contributed by atoms with E-state index in [1.54, 1.807) is 0 Å². The zero-order chi connectivity index (χ0) is 16.1. The number of nitrogens with zero attached hydrogens (tertiary/aromatic N) is 4. The maximum atomic E-state index is 12.4. The molecule has 2 aliphatic heterocycles. The van der Waals surface area contributed by atoms with Crippen molar-refractivity contribution in [3.63, 3.8) is 0 Å². The zero-order valence-electron chi connectivity index (χ0n) is 14.2. The molecule has 1 aromatic heterocycles. The highest BCUT2D eigenvalue weighted by atomic mass is 16.2. The van der Waals surface area contributed by atoms with Crippen molar-refractivity contribution < 1.29 is 4.79 Å². The molecule has 1 unspecified atom stereocenters. The highest BCUT2D eigenvalue weighted by Crippen LogP contribution is 2.17. The first-order valence-corrected chi connectivity index (χ1v) is 8.88. The Kier molecular flexibility index (Phi) is 5.49. The molecular weight excluding hydrogens is 288 g/mol. The molecule has 0 bridgehead atoms. The second-order valence-electron chi connectivity index (χ2n) is 6.85. The average Bonchev–Trinajstić information content (AvgIpc) is 2.61. The maximum absolute atomic E-state index is 12.4. The lowest BCUT2D eigenvalue weighted by molar-refractivity contribution is -0.133. The Morgan fingerprint density at radius 2 is 2.04 bits per heavy atom. The Balaban J connectivity index is 1.40. The van der Waals surface area contributed by atoms with Crippen LogP contribution >= 0.6 is 0 Å². The average molecular weight is 316 g/mol. The number of rotatable bonds is 4. The summed E-state index contributed by atoms with van der Waals surface area (Å²) in [6, 6.07) is 6.05. The summed E-state index contributed by atoms with van der Waals surface area (Å²) >= 11 is 0. The standard InChI is InChI=1S/C18H28N4O/c1-16-5-4-9-22(15-16)18(23)7-10-20-11-13-21(14-12-20)17-6-2-3-8-19-17/h2-3,6,8,16H,4-5,7,9-15H2,1H3. The van der Waals surface area contributed by atoms with E-state index in [2.05, 4.69) is 32.7 Å². The molecule has 0 aromatic carbocycles. The molecule has 1 atom stereocenters. The molecule has 0 N–H and O–H groups in total. The van der Waals surface area contributed by atoms with E-state index in [0.29, 0.717) is 18.2 Å². The Bertz CT molecular complexity index is 499. The van der Waals surface area contributed by atoms with E-state index in [9.17, 15) is 4.79 Å². The number of hydrogen-bond donors (Lipinski definition) is 0. The summed E-state index contributed by atoms with van der Waals surface area (Å²) in [6.45, 7) is 9.05. The number of pyridine rings is 1. The van der Waals surface area contributed by atoms with Crippen LogP contribution in [0.25, 0.3) is 0 Å². The van der Waals surface area contributed by atoms with E-state index in [0.717, 1.165) is 58.1 Å². The van der Waals surface area contributed by atoms with Gasteiger partial charge in [-0.05, 0) is 30.9 Å². The van der Waals surface area contributed by atoms with E-state index in [1.165, 1.54) is 6.42 Å². The Hall–Kier alpha value is -1.62. The van der Waals surface area contributed by atoms with Gasteiger partial charge in [-0.3, -0.25) is 9.69 Å². The quantitative estimate of drug-likeness (QED) is 0.850. The highest BCUT2D eigenvalue weighted by molar-refractivity contribution is 5.76. The molecule has 3 heterocycles. The summed E-state index contributed by atoms with van der Waals surface area (Å²) in [5, 5.41) is 0. The highest BCUT2D eigenvalue weighted by Gasteiger charge is 2.22. The Morgan fingerprint density at radius 1 is 1.22 bits per heavy atom. The van der Waals surface area contributed by atoms with E-state index in [-0.39, 0.29) is 0 Å². The third kappa shape index (κ3) is 4.44. The van der Waals surface area contributed by atoms with Gasteiger partial charge in [0.05, 0.1) is 0 Å².